The minimum Gasteiger partial charge on any atom is -0.384 e. The highest BCUT2D eigenvalue weighted by Crippen LogP contribution is 2.34. The summed E-state index contributed by atoms with van der Waals surface area (Å²) in [5, 5.41) is 9.47. The van der Waals surface area contributed by atoms with Crippen LogP contribution in [0, 0.1) is 0 Å². The summed E-state index contributed by atoms with van der Waals surface area (Å²) in [7, 11) is 0. The van der Waals surface area contributed by atoms with Crippen LogP contribution in [0.5, 0.6) is 0 Å². The van der Waals surface area contributed by atoms with E-state index >= 15 is 0 Å². The lowest BCUT2D eigenvalue weighted by Crippen LogP contribution is -2.22. The SMILES string of the molecule is O=C1C(=O)C(O)C(c2cccc(C(F)(F)F)c2)C1=O. The van der Waals surface area contributed by atoms with Crippen LogP contribution >= 0.6 is 0 Å². The summed E-state index contributed by atoms with van der Waals surface area (Å²) in [6, 6.07) is 3.65. The van der Waals surface area contributed by atoms with Crippen LogP contribution in [0.25, 0.3) is 0 Å². The van der Waals surface area contributed by atoms with Gasteiger partial charge in [-0.15, -0.1) is 0 Å². The van der Waals surface area contributed by atoms with Crippen LogP contribution in [-0.4, -0.2) is 28.6 Å². The molecule has 19 heavy (non-hydrogen) atoms. The number of benzene rings is 1. The summed E-state index contributed by atoms with van der Waals surface area (Å²) in [6.45, 7) is 0. The summed E-state index contributed by atoms with van der Waals surface area (Å²) < 4.78 is 37.6. The van der Waals surface area contributed by atoms with Gasteiger partial charge in [0.2, 0.25) is 11.6 Å². The van der Waals surface area contributed by atoms with Gasteiger partial charge in [-0.05, 0) is 11.6 Å². The number of alkyl halides is 3. The summed E-state index contributed by atoms with van der Waals surface area (Å²) in [5.41, 5.74) is -1.22. The Labute approximate surface area is 104 Å². The molecule has 7 heteroatoms. The van der Waals surface area contributed by atoms with Crippen LogP contribution in [0.1, 0.15) is 17.0 Å². The lowest BCUT2D eigenvalue weighted by molar-refractivity contribution is -0.141. The molecular formula is C12H7F3O4. The molecule has 1 aliphatic rings. The van der Waals surface area contributed by atoms with E-state index < -0.39 is 41.1 Å². The number of aliphatic hydroxyl groups is 1. The number of aliphatic hydroxyl groups excluding tert-OH is 1. The van der Waals surface area contributed by atoms with Gasteiger partial charge in [0, 0.05) is 0 Å². The maximum absolute atomic E-state index is 12.5. The van der Waals surface area contributed by atoms with Gasteiger partial charge in [-0.1, -0.05) is 18.2 Å². The Hall–Kier alpha value is -2.02. The van der Waals surface area contributed by atoms with Crippen molar-refractivity contribution in [1.29, 1.82) is 0 Å². The number of carbonyl (C=O) groups excluding carboxylic acids is 3. The molecule has 2 atom stereocenters. The standard InChI is InChI=1S/C12H7F3O4/c13-12(14,15)6-3-1-2-5(4-6)7-8(16)10(18)11(19)9(7)17/h1-4,7-8,16H. The summed E-state index contributed by atoms with van der Waals surface area (Å²) in [5.74, 6) is -5.40. The van der Waals surface area contributed by atoms with E-state index in [4.69, 9.17) is 0 Å². The Balaban J connectivity index is 2.46. The van der Waals surface area contributed by atoms with Gasteiger partial charge >= 0.3 is 6.18 Å². The average molecular weight is 272 g/mol. The first-order valence-corrected chi connectivity index (χ1v) is 5.21. The Morgan fingerprint density at radius 3 is 2.16 bits per heavy atom. The Kier molecular flexibility index (Phi) is 3.01. The predicted octanol–water partition coefficient (Wildman–Crippen LogP) is 0.871. The largest absolute Gasteiger partial charge is 0.416 e. The first kappa shape index (κ1) is 13.4. The maximum Gasteiger partial charge on any atom is 0.416 e. The highest BCUT2D eigenvalue weighted by molar-refractivity contribution is 6.69. The van der Waals surface area contributed by atoms with E-state index in [1.807, 2.05) is 0 Å². The van der Waals surface area contributed by atoms with Gasteiger partial charge in [-0.3, -0.25) is 14.4 Å². The molecule has 0 saturated heterocycles. The predicted molar refractivity (Wildman–Crippen MR) is 55.2 cm³/mol. The third kappa shape index (κ3) is 2.17. The average Bonchev–Trinajstić information content (AvgIpc) is 2.53. The molecule has 2 rings (SSSR count). The highest BCUT2D eigenvalue weighted by Gasteiger charge is 2.49. The van der Waals surface area contributed by atoms with Gasteiger partial charge in [0.25, 0.3) is 5.78 Å². The van der Waals surface area contributed by atoms with E-state index in [2.05, 4.69) is 0 Å². The first-order chi connectivity index (χ1) is 8.73. The number of Topliss-reactive ketones (excluding diaryl/α,β-unsaturated/α-hetero) is 3. The molecule has 0 aliphatic heterocycles. The second-order valence-corrected chi connectivity index (χ2v) is 4.10. The van der Waals surface area contributed by atoms with Gasteiger partial charge in [-0.2, -0.15) is 13.2 Å². The van der Waals surface area contributed by atoms with Crippen molar-refractivity contribution in [2.45, 2.75) is 18.2 Å². The smallest absolute Gasteiger partial charge is 0.384 e. The van der Waals surface area contributed by atoms with Crippen molar-refractivity contribution >= 4 is 17.3 Å². The molecule has 1 aliphatic carbocycles. The Morgan fingerprint density at radius 1 is 1.05 bits per heavy atom. The zero-order valence-corrected chi connectivity index (χ0v) is 9.27. The van der Waals surface area contributed by atoms with Gasteiger partial charge in [0.05, 0.1) is 11.5 Å². The lowest BCUT2D eigenvalue weighted by Gasteiger charge is -2.13. The summed E-state index contributed by atoms with van der Waals surface area (Å²) in [6.07, 6.45) is -6.53. The van der Waals surface area contributed by atoms with Crippen LogP contribution in [0.3, 0.4) is 0 Å². The second-order valence-electron chi connectivity index (χ2n) is 4.10. The number of halogens is 3. The third-order valence-corrected chi connectivity index (χ3v) is 2.89. The second kappa shape index (κ2) is 4.27. The minimum atomic E-state index is -4.61. The molecule has 1 aromatic carbocycles. The van der Waals surface area contributed by atoms with E-state index in [1.165, 1.54) is 0 Å². The Morgan fingerprint density at radius 2 is 1.68 bits per heavy atom. The molecule has 0 radical (unpaired) electrons. The molecule has 0 amide bonds. The normalized spacial score (nSPS) is 24.1. The summed E-state index contributed by atoms with van der Waals surface area (Å²) in [4.78, 5) is 33.7. The van der Waals surface area contributed by atoms with E-state index in [0.29, 0.717) is 6.07 Å². The number of rotatable bonds is 1. The zero-order chi connectivity index (χ0) is 14.4. The molecule has 2 unspecified atom stereocenters. The topological polar surface area (TPSA) is 71.4 Å². The van der Waals surface area contributed by atoms with Gasteiger partial charge in [-0.25, -0.2) is 0 Å². The van der Waals surface area contributed by atoms with Crippen molar-refractivity contribution in [1.82, 2.24) is 0 Å². The van der Waals surface area contributed by atoms with Crippen LogP contribution in [0.4, 0.5) is 13.2 Å². The third-order valence-electron chi connectivity index (χ3n) is 2.89. The van der Waals surface area contributed by atoms with Gasteiger partial charge in [0.15, 0.2) is 0 Å². The van der Waals surface area contributed by atoms with Crippen molar-refractivity contribution in [3.8, 4) is 0 Å². The number of hydrogen-bond acceptors (Lipinski definition) is 4. The van der Waals surface area contributed by atoms with Gasteiger partial charge in [0.1, 0.15) is 6.10 Å². The molecule has 1 N–H and O–H groups in total. The highest BCUT2D eigenvalue weighted by atomic mass is 19.4. The quantitative estimate of drug-likeness (QED) is 0.770. The first-order valence-electron chi connectivity index (χ1n) is 5.21. The Bertz CT molecular complexity index is 577. The van der Waals surface area contributed by atoms with Crippen molar-refractivity contribution in [2.24, 2.45) is 0 Å². The molecule has 0 aromatic heterocycles. The molecule has 0 bridgehead atoms. The van der Waals surface area contributed by atoms with Crippen LogP contribution in [-0.2, 0) is 20.6 Å². The number of hydrogen-bond donors (Lipinski definition) is 1. The van der Waals surface area contributed by atoms with E-state index in [9.17, 15) is 32.7 Å². The molecular weight excluding hydrogens is 265 g/mol. The molecule has 1 aromatic rings. The van der Waals surface area contributed by atoms with E-state index in [1.54, 1.807) is 0 Å². The zero-order valence-electron chi connectivity index (χ0n) is 9.27. The fourth-order valence-electron chi connectivity index (χ4n) is 1.93. The lowest BCUT2D eigenvalue weighted by atomic mass is 9.93. The molecule has 1 saturated carbocycles. The number of ketones is 3. The van der Waals surface area contributed by atoms with Crippen LogP contribution < -0.4 is 0 Å². The molecule has 1 fully saturated rings. The van der Waals surface area contributed by atoms with Crippen molar-refractivity contribution < 1.29 is 32.7 Å². The monoisotopic (exact) mass is 272 g/mol. The summed E-state index contributed by atoms with van der Waals surface area (Å²) >= 11 is 0. The molecule has 4 nitrogen and oxygen atoms in total. The minimum absolute atomic E-state index is 0.202. The van der Waals surface area contributed by atoms with Crippen molar-refractivity contribution in [3.05, 3.63) is 35.4 Å². The van der Waals surface area contributed by atoms with Gasteiger partial charge < -0.3 is 5.11 Å². The maximum atomic E-state index is 12.5. The van der Waals surface area contributed by atoms with Crippen molar-refractivity contribution in [3.63, 3.8) is 0 Å². The van der Waals surface area contributed by atoms with E-state index in [-0.39, 0.29) is 5.56 Å². The van der Waals surface area contributed by atoms with E-state index in [0.717, 1.165) is 18.2 Å². The van der Waals surface area contributed by atoms with Crippen molar-refractivity contribution in [2.75, 3.05) is 0 Å². The fourth-order valence-corrected chi connectivity index (χ4v) is 1.93. The molecule has 100 valence electrons. The fraction of sp³-hybridized carbons (Fsp3) is 0.250. The number of carbonyl (C=O) groups is 3. The van der Waals surface area contributed by atoms with Crippen LogP contribution in [0.2, 0.25) is 0 Å². The molecule has 0 heterocycles. The van der Waals surface area contributed by atoms with Crippen LogP contribution in [0.15, 0.2) is 24.3 Å². The molecule has 0 spiro atoms.